The maximum Gasteiger partial charge on any atom is 0.123 e. The number of halogens is 1. The van der Waals surface area contributed by atoms with E-state index in [1.54, 1.807) is 0 Å². The fourth-order valence-electron chi connectivity index (χ4n) is 1.48. The molecule has 0 unspecified atom stereocenters. The first-order valence-electron chi connectivity index (χ1n) is 4.71. The van der Waals surface area contributed by atoms with Gasteiger partial charge >= 0.3 is 0 Å². The van der Waals surface area contributed by atoms with Crippen molar-refractivity contribution in [1.82, 2.24) is 20.3 Å². The number of nitrogens with zero attached hydrogens (tertiary/aromatic N) is 3. The molecule has 15 heavy (non-hydrogen) atoms. The maximum absolute atomic E-state index is 5.87. The highest BCUT2D eigenvalue weighted by Crippen LogP contribution is 2.29. The molecule has 0 amide bonds. The molecule has 3 rings (SSSR count). The van der Waals surface area contributed by atoms with E-state index in [9.17, 15) is 0 Å². The Morgan fingerprint density at radius 3 is 2.93 bits per heavy atom. The third kappa shape index (κ3) is 1.67. The van der Waals surface area contributed by atoms with Crippen molar-refractivity contribution in [3.05, 3.63) is 22.7 Å². The highest BCUT2D eigenvalue weighted by Gasteiger charge is 2.20. The molecule has 0 saturated carbocycles. The molecule has 0 aromatic carbocycles. The second-order valence-corrected chi connectivity index (χ2v) is 5.21. The molecule has 3 heterocycles. The van der Waals surface area contributed by atoms with Crippen molar-refractivity contribution < 1.29 is 0 Å². The van der Waals surface area contributed by atoms with Crippen LogP contribution in [-0.2, 0) is 0 Å². The van der Waals surface area contributed by atoms with Gasteiger partial charge in [-0.2, -0.15) is 0 Å². The van der Waals surface area contributed by atoms with Gasteiger partial charge in [0.25, 0.3) is 0 Å². The Hall–Kier alpha value is -0.910. The lowest BCUT2D eigenvalue weighted by Gasteiger charge is -2.26. The van der Waals surface area contributed by atoms with E-state index < -0.39 is 0 Å². The predicted molar refractivity (Wildman–Crippen MR) is 60.3 cm³/mol. The summed E-state index contributed by atoms with van der Waals surface area (Å²) >= 11 is 7.40. The fraction of sp³-hybridized carbons (Fsp3) is 0.333. The van der Waals surface area contributed by atoms with Crippen molar-refractivity contribution in [2.45, 2.75) is 6.04 Å². The Kier molecular flexibility index (Phi) is 2.23. The van der Waals surface area contributed by atoms with E-state index in [0.29, 0.717) is 6.04 Å². The topological polar surface area (TPSA) is 42.7 Å². The minimum Gasteiger partial charge on any atom is -0.312 e. The number of nitrogens with one attached hydrogen (secondary N) is 1. The van der Waals surface area contributed by atoms with Crippen LogP contribution in [0.1, 0.15) is 6.04 Å². The molecule has 1 aliphatic rings. The third-order valence-electron chi connectivity index (χ3n) is 2.47. The SMILES string of the molecule is Clc1ccc(-c2cn(C3CNC3)nn2)s1. The monoisotopic (exact) mass is 240 g/mol. The van der Waals surface area contributed by atoms with Gasteiger partial charge in [-0.3, -0.25) is 0 Å². The Balaban J connectivity index is 1.89. The highest BCUT2D eigenvalue weighted by atomic mass is 35.5. The molecule has 1 N–H and O–H groups in total. The van der Waals surface area contributed by atoms with Crippen LogP contribution >= 0.6 is 22.9 Å². The molecule has 2 aromatic heterocycles. The van der Waals surface area contributed by atoms with Gasteiger partial charge in [-0.15, -0.1) is 16.4 Å². The predicted octanol–water partition coefficient (Wildman–Crippen LogP) is 1.80. The zero-order valence-corrected chi connectivity index (χ0v) is 9.42. The van der Waals surface area contributed by atoms with E-state index in [2.05, 4.69) is 15.6 Å². The summed E-state index contributed by atoms with van der Waals surface area (Å²) in [4.78, 5) is 1.07. The van der Waals surface area contributed by atoms with Crippen molar-refractivity contribution in [3.8, 4) is 10.6 Å². The van der Waals surface area contributed by atoms with E-state index in [4.69, 9.17) is 11.6 Å². The summed E-state index contributed by atoms with van der Waals surface area (Å²) in [5.74, 6) is 0. The maximum atomic E-state index is 5.87. The van der Waals surface area contributed by atoms with Crippen LogP contribution in [0.3, 0.4) is 0 Å². The number of aromatic nitrogens is 3. The summed E-state index contributed by atoms with van der Waals surface area (Å²) in [5.41, 5.74) is 0.902. The van der Waals surface area contributed by atoms with Gasteiger partial charge < -0.3 is 5.32 Å². The van der Waals surface area contributed by atoms with Crippen LogP contribution < -0.4 is 5.32 Å². The Labute approximate surface area is 95.9 Å². The van der Waals surface area contributed by atoms with Crippen LogP contribution in [0, 0.1) is 0 Å². The van der Waals surface area contributed by atoms with Crippen LogP contribution in [0.15, 0.2) is 18.3 Å². The van der Waals surface area contributed by atoms with Gasteiger partial charge in [0.2, 0.25) is 0 Å². The summed E-state index contributed by atoms with van der Waals surface area (Å²) in [6.07, 6.45) is 1.98. The number of rotatable bonds is 2. The largest absolute Gasteiger partial charge is 0.312 e. The molecule has 0 bridgehead atoms. The summed E-state index contributed by atoms with van der Waals surface area (Å²) in [6.45, 7) is 1.96. The second kappa shape index (κ2) is 3.59. The van der Waals surface area contributed by atoms with Crippen molar-refractivity contribution in [2.75, 3.05) is 13.1 Å². The van der Waals surface area contributed by atoms with Crippen LogP contribution in [0.4, 0.5) is 0 Å². The highest BCUT2D eigenvalue weighted by molar-refractivity contribution is 7.19. The molecule has 0 spiro atoms. The lowest BCUT2D eigenvalue weighted by atomic mass is 10.2. The normalized spacial score (nSPS) is 16.6. The minimum absolute atomic E-state index is 0.460. The molecular weight excluding hydrogens is 232 g/mol. The van der Waals surface area contributed by atoms with Crippen molar-refractivity contribution >= 4 is 22.9 Å². The lowest BCUT2D eigenvalue weighted by molar-refractivity contribution is 0.313. The van der Waals surface area contributed by atoms with Crippen molar-refractivity contribution in [2.24, 2.45) is 0 Å². The number of hydrogen-bond donors (Lipinski definition) is 1. The summed E-state index contributed by atoms with van der Waals surface area (Å²) in [5, 5.41) is 11.5. The molecule has 0 aliphatic carbocycles. The molecule has 6 heteroatoms. The van der Waals surface area contributed by atoms with Gasteiger partial charge in [-0.25, -0.2) is 4.68 Å². The van der Waals surface area contributed by atoms with Gasteiger partial charge in [-0.05, 0) is 12.1 Å². The molecule has 78 valence electrons. The van der Waals surface area contributed by atoms with E-state index in [-0.39, 0.29) is 0 Å². The van der Waals surface area contributed by atoms with E-state index >= 15 is 0 Å². The second-order valence-electron chi connectivity index (χ2n) is 3.50. The molecule has 2 aromatic rings. The first-order valence-corrected chi connectivity index (χ1v) is 5.90. The van der Waals surface area contributed by atoms with E-state index in [1.807, 2.05) is 23.0 Å². The molecule has 0 atom stereocenters. The third-order valence-corrected chi connectivity index (χ3v) is 3.72. The van der Waals surface area contributed by atoms with Gasteiger partial charge in [0.05, 0.1) is 21.5 Å². The zero-order chi connectivity index (χ0) is 10.3. The molecule has 1 aliphatic heterocycles. The minimum atomic E-state index is 0.460. The summed E-state index contributed by atoms with van der Waals surface area (Å²) in [6, 6.07) is 4.31. The fourth-order valence-corrected chi connectivity index (χ4v) is 2.47. The quantitative estimate of drug-likeness (QED) is 0.871. The number of thiophene rings is 1. The average molecular weight is 241 g/mol. The first kappa shape index (κ1) is 9.33. The number of hydrogen-bond acceptors (Lipinski definition) is 4. The molecular formula is C9H9ClN4S. The molecule has 1 fully saturated rings. The first-order chi connectivity index (χ1) is 7.33. The van der Waals surface area contributed by atoms with Crippen LogP contribution in [0.2, 0.25) is 4.34 Å². The van der Waals surface area contributed by atoms with Crippen molar-refractivity contribution in [1.29, 1.82) is 0 Å². The van der Waals surface area contributed by atoms with E-state index in [1.165, 1.54) is 11.3 Å². The summed E-state index contributed by atoms with van der Waals surface area (Å²) in [7, 11) is 0. The van der Waals surface area contributed by atoms with Gasteiger partial charge in [0, 0.05) is 13.1 Å². The van der Waals surface area contributed by atoms with Crippen molar-refractivity contribution in [3.63, 3.8) is 0 Å². The lowest BCUT2D eigenvalue weighted by Crippen LogP contribution is -2.43. The smallest absolute Gasteiger partial charge is 0.123 e. The zero-order valence-electron chi connectivity index (χ0n) is 7.85. The molecule has 4 nitrogen and oxygen atoms in total. The van der Waals surface area contributed by atoms with Crippen LogP contribution in [-0.4, -0.2) is 28.1 Å². The van der Waals surface area contributed by atoms with Gasteiger partial charge in [0.15, 0.2) is 0 Å². The molecule has 1 saturated heterocycles. The Bertz CT molecular complexity index is 474. The summed E-state index contributed by atoms with van der Waals surface area (Å²) < 4.78 is 2.70. The Morgan fingerprint density at radius 2 is 2.33 bits per heavy atom. The molecule has 0 radical (unpaired) electrons. The van der Waals surface area contributed by atoms with Crippen LogP contribution in [0.25, 0.3) is 10.6 Å². The van der Waals surface area contributed by atoms with Gasteiger partial charge in [-0.1, -0.05) is 16.8 Å². The standard InChI is InChI=1S/C9H9ClN4S/c10-9-2-1-8(15-9)7-5-14(13-12-7)6-3-11-4-6/h1-2,5-6,11H,3-4H2. The van der Waals surface area contributed by atoms with Gasteiger partial charge in [0.1, 0.15) is 5.69 Å². The Morgan fingerprint density at radius 1 is 1.47 bits per heavy atom. The van der Waals surface area contributed by atoms with E-state index in [0.717, 1.165) is 28.0 Å². The average Bonchev–Trinajstić information content (AvgIpc) is 2.70. The van der Waals surface area contributed by atoms with Crippen LogP contribution in [0.5, 0.6) is 0 Å².